The molecule has 9 nitrogen and oxygen atoms in total. The van der Waals surface area contributed by atoms with Crippen molar-refractivity contribution in [2.24, 2.45) is 0 Å². The normalized spacial score (nSPS) is 12.3. The molecule has 0 aliphatic heterocycles. The molecule has 0 aliphatic rings. The van der Waals surface area contributed by atoms with Gasteiger partial charge in [0, 0.05) is 25.2 Å². The number of rotatable bonds is 9. The first-order valence-corrected chi connectivity index (χ1v) is 9.94. The maximum Gasteiger partial charge on any atom is 0.270 e. The van der Waals surface area contributed by atoms with Gasteiger partial charge in [-0.05, 0) is 25.8 Å². The molecule has 1 aromatic carbocycles. The summed E-state index contributed by atoms with van der Waals surface area (Å²) < 4.78 is 51.4. The Morgan fingerprint density at radius 2 is 1.74 bits per heavy atom. The second-order valence-electron chi connectivity index (χ2n) is 4.76. The average molecular weight is 365 g/mol. The number of nitro benzene ring substituents is 1. The van der Waals surface area contributed by atoms with Crippen molar-refractivity contribution in [3.63, 3.8) is 0 Å². The predicted molar refractivity (Wildman–Crippen MR) is 85.1 cm³/mol. The SMILES string of the molecule is CCS(=O)(=O)NCCCNS(=O)(=O)c1cc([N+](=O)[O-])ccc1C. The second kappa shape index (κ2) is 7.81. The Labute approximate surface area is 135 Å². The van der Waals surface area contributed by atoms with Gasteiger partial charge in [-0.15, -0.1) is 0 Å². The minimum Gasteiger partial charge on any atom is -0.258 e. The molecule has 23 heavy (non-hydrogen) atoms. The van der Waals surface area contributed by atoms with Crippen LogP contribution in [0, 0.1) is 17.0 Å². The van der Waals surface area contributed by atoms with Crippen LogP contribution in [0.1, 0.15) is 18.9 Å². The second-order valence-corrected chi connectivity index (χ2v) is 8.59. The van der Waals surface area contributed by atoms with Crippen molar-refractivity contribution in [3.8, 4) is 0 Å². The fraction of sp³-hybridized carbons (Fsp3) is 0.500. The number of nitrogens with one attached hydrogen (secondary N) is 2. The van der Waals surface area contributed by atoms with Gasteiger partial charge in [0.1, 0.15) is 0 Å². The molecule has 0 spiro atoms. The van der Waals surface area contributed by atoms with Crippen molar-refractivity contribution in [3.05, 3.63) is 33.9 Å². The van der Waals surface area contributed by atoms with E-state index in [2.05, 4.69) is 9.44 Å². The van der Waals surface area contributed by atoms with Gasteiger partial charge in [0.15, 0.2) is 0 Å². The van der Waals surface area contributed by atoms with Gasteiger partial charge in [0.25, 0.3) is 5.69 Å². The summed E-state index contributed by atoms with van der Waals surface area (Å²) in [6.45, 7) is 3.15. The number of nitrogens with zero attached hydrogens (tertiary/aromatic N) is 1. The van der Waals surface area contributed by atoms with Crippen LogP contribution in [0.15, 0.2) is 23.1 Å². The molecule has 2 N–H and O–H groups in total. The van der Waals surface area contributed by atoms with E-state index in [1.54, 1.807) is 0 Å². The third kappa shape index (κ3) is 5.86. The number of benzene rings is 1. The molecule has 130 valence electrons. The fourth-order valence-electron chi connectivity index (χ4n) is 1.69. The first-order chi connectivity index (χ1) is 10.6. The quantitative estimate of drug-likeness (QED) is 0.372. The molecule has 0 amide bonds. The van der Waals surface area contributed by atoms with Crippen molar-refractivity contribution in [1.29, 1.82) is 0 Å². The predicted octanol–water partition coefficient (Wildman–Crippen LogP) is 0.511. The van der Waals surface area contributed by atoms with Crippen molar-refractivity contribution >= 4 is 25.7 Å². The van der Waals surface area contributed by atoms with E-state index in [4.69, 9.17) is 0 Å². The third-order valence-electron chi connectivity index (χ3n) is 3.02. The molecule has 1 aromatic rings. The molecule has 0 atom stereocenters. The van der Waals surface area contributed by atoms with Crippen molar-refractivity contribution in [2.75, 3.05) is 18.8 Å². The lowest BCUT2D eigenvalue weighted by Gasteiger charge is -2.09. The molecule has 11 heteroatoms. The third-order valence-corrected chi connectivity index (χ3v) is 6.03. The van der Waals surface area contributed by atoms with Crippen LogP contribution in [0.3, 0.4) is 0 Å². The number of hydrogen-bond donors (Lipinski definition) is 2. The summed E-state index contributed by atoms with van der Waals surface area (Å²) in [5.74, 6) is -0.0500. The van der Waals surface area contributed by atoms with E-state index in [1.165, 1.54) is 26.0 Å². The molecule has 1 rings (SSSR count). The molecule has 0 saturated heterocycles. The van der Waals surface area contributed by atoms with Crippen LogP contribution in [-0.2, 0) is 20.0 Å². The Morgan fingerprint density at radius 1 is 1.13 bits per heavy atom. The molecule has 0 saturated carbocycles. The highest BCUT2D eigenvalue weighted by Crippen LogP contribution is 2.21. The summed E-state index contributed by atoms with van der Waals surface area (Å²) in [5.41, 5.74) is 0.0708. The van der Waals surface area contributed by atoms with Gasteiger partial charge in [0.05, 0.1) is 15.6 Å². The zero-order valence-corrected chi connectivity index (χ0v) is 14.4. The molecule has 0 radical (unpaired) electrons. The standard InChI is InChI=1S/C12H19N3O6S2/c1-3-22(18,19)13-7-4-8-14-23(20,21)12-9-11(15(16)17)6-5-10(12)2/h5-6,9,13-14H,3-4,7-8H2,1-2H3. The zero-order valence-electron chi connectivity index (χ0n) is 12.8. The van der Waals surface area contributed by atoms with Gasteiger partial charge in [0.2, 0.25) is 20.0 Å². The van der Waals surface area contributed by atoms with E-state index in [-0.39, 0.29) is 35.8 Å². The van der Waals surface area contributed by atoms with E-state index in [0.29, 0.717) is 5.56 Å². The maximum atomic E-state index is 12.2. The number of sulfonamides is 2. The van der Waals surface area contributed by atoms with E-state index < -0.39 is 25.0 Å². The molecule has 0 fully saturated rings. The summed E-state index contributed by atoms with van der Waals surface area (Å²) in [4.78, 5) is 9.90. The van der Waals surface area contributed by atoms with E-state index in [0.717, 1.165) is 6.07 Å². The van der Waals surface area contributed by atoms with E-state index in [9.17, 15) is 26.9 Å². The summed E-state index contributed by atoms with van der Waals surface area (Å²) in [6, 6.07) is 3.59. The Kier molecular flexibility index (Phi) is 6.62. The molecular weight excluding hydrogens is 346 g/mol. The smallest absolute Gasteiger partial charge is 0.258 e. The van der Waals surface area contributed by atoms with Crippen molar-refractivity contribution in [1.82, 2.24) is 9.44 Å². The van der Waals surface area contributed by atoms with Crippen LogP contribution in [0.4, 0.5) is 5.69 Å². The van der Waals surface area contributed by atoms with Crippen LogP contribution in [0.25, 0.3) is 0 Å². The van der Waals surface area contributed by atoms with Crippen LogP contribution < -0.4 is 9.44 Å². The molecule has 0 bridgehead atoms. The highest BCUT2D eigenvalue weighted by molar-refractivity contribution is 7.89. The summed E-state index contributed by atoms with van der Waals surface area (Å²) >= 11 is 0. The topological polar surface area (TPSA) is 135 Å². The highest BCUT2D eigenvalue weighted by Gasteiger charge is 2.20. The minimum atomic E-state index is -3.90. The lowest BCUT2D eigenvalue weighted by atomic mass is 10.2. The minimum absolute atomic E-state index is 0.0106. The molecule has 0 aliphatic carbocycles. The first-order valence-electron chi connectivity index (χ1n) is 6.81. The fourth-order valence-corrected chi connectivity index (χ4v) is 3.69. The number of hydrogen-bond acceptors (Lipinski definition) is 6. The summed E-state index contributed by atoms with van der Waals surface area (Å²) in [5, 5.41) is 10.7. The Hall–Kier alpha value is -1.56. The zero-order chi connectivity index (χ0) is 17.7. The van der Waals surface area contributed by atoms with Crippen molar-refractivity contribution < 1.29 is 21.8 Å². The molecule has 0 unspecified atom stereocenters. The van der Waals surface area contributed by atoms with Crippen LogP contribution in [-0.4, -0.2) is 40.6 Å². The van der Waals surface area contributed by atoms with Gasteiger partial charge in [-0.25, -0.2) is 26.3 Å². The lowest BCUT2D eigenvalue weighted by molar-refractivity contribution is -0.385. The Bertz CT molecular complexity index is 774. The van der Waals surface area contributed by atoms with Crippen molar-refractivity contribution in [2.45, 2.75) is 25.2 Å². The number of aryl methyl sites for hydroxylation is 1. The van der Waals surface area contributed by atoms with Gasteiger partial charge in [-0.2, -0.15) is 0 Å². The number of non-ortho nitro benzene ring substituents is 1. The number of nitro groups is 1. The first kappa shape index (κ1) is 19.5. The van der Waals surface area contributed by atoms with E-state index >= 15 is 0 Å². The molecule has 0 aromatic heterocycles. The van der Waals surface area contributed by atoms with Gasteiger partial charge >= 0.3 is 0 Å². The van der Waals surface area contributed by atoms with E-state index in [1.807, 2.05) is 0 Å². The highest BCUT2D eigenvalue weighted by atomic mass is 32.2. The monoisotopic (exact) mass is 365 g/mol. The maximum absolute atomic E-state index is 12.2. The van der Waals surface area contributed by atoms with Gasteiger partial charge in [-0.1, -0.05) is 6.07 Å². The van der Waals surface area contributed by atoms with Gasteiger partial charge in [-0.3, -0.25) is 10.1 Å². The largest absolute Gasteiger partial charge is 0.270 e. The van der Waals surface area contributed by atoms with Crippen LogP contribution in [0.2, 0.25) is 0 Å². The molecular formula is C12H19N3O6S2. The lowest BCUT2D eigenvalue weighted by Crippen LogP contribution is -2.31. The summed E-state index contributed by atoms with van der Waals surface area (Å²) in [6.07, 6.45) is 0.256. The van der Waals surface area contributed by atoms with Gasteiger partial charge < -0.3 is 0 Å². The van der Waals surface area contributed by atoms with Crippen LogP contribution in [0.5, 0.6) is 0 Å². The molecule has 0 heterocycles. The average Bonchev–Trinajstić information content (AvgIpc) is 2.46. The Balaban J connectivity index is 2.70. The summed E-state index contributed by atoms with van der Waals surface area (Å²) in [7, 11) is -7.21. The Morgan fingerprint density at radius 3 is 2.30 bits per heavy atom. The van der Waals surface area contributed by atoms with Crippen LogP contribution >= 0.6 is 0 Å².